The quantitative estimate of drug-likeness (QED) is 0.494. The van der Waals surface area contributed by atoms with Crippen molar-refractivity contribution < 1.29 is 23.0 Å². The Labute approximate surface area is 169 Å². The first-order chi connectivity index (χ1) is 13.8. The van der Waals surface area contributed by atoms with Crippen molar-refractivity contribution in [3.05, 3.63) is 52.7 Å². The molecule has 3 N–H and O–H groups in total. The number of ether oxygens (including phenoxy) is 1. The zero-order chi connectivity index (χ0) is 20.9. The van der Waals surface area contributed by atoms with E-state index < -0.39 is 6.36 Å². The van der Waals surface area contributed by atoms with Gasteiger partial charge in [0.1, 0.15) is 11.6 Å². The normalized spacial score (nSPS) is 12.4. The standard InChI is InChI=1S/C19H19F3N4O2S/c1-12(11-27)24-18-25-16(9-17(26-18)23-10-15-6-3-7-29-15)13-4-2-5-14(8-13)28-19(20,21)22/h2-9,12,27H,10-11H2,1H3,(H2,23,24,25,26)/t12-/m1/s1. The van der Waals surface area contributed by atoms with E-state index in [0.717, 1.165) is 4.88 Å². The molecule has 6 nitrogen and oxygen atoms in total. The second-order valence-corrected chi connectivity index (χ2v) is 7.23. The van der Waals surface area contributed by atoms with Crippen LogP contribution in [0.25, 0.3) is 11.3 Å². The Morgan fingerprint density at radius 1 is 1.17 bits per heavy atom. The van der Waals surface area contributed by atoms with Crippen LogP contribution in [-0.4, -0.2) is 34.1 Å². The smallest absolute Gasteiger partial charge is 0.406 e. The number of hydrogen-bond donors (Lipinski definition) is 3. The highest BCUT2D eigenvalue weighted by Crippen LogP contribution is 2.29. The number of aliphatic hydroxyl groups is 1. The number of rotatable bonds is 8. The Morgan fingerprint density at radius 3 is 2.69 bits per heavy atom. The molecular weight excluding hydrogens is 405 g/mol. The first kappa shape index (κ1) is 20.9. The highest BCUT2D eigenvalue weighted by molar-refractivity contribution is 7.09. The maximum absolute atomic E-state index is 12.5. The highest BCUT2D eigenvalue weighted by Gasteiger charge is 2.31. The lowest BCUT2D eigenvalue weighted by atomic mass is 10.1. The minimum absolute atomic E-state index is 0.125. The van der Waals surface area contributed by atoms with Gasteiger partial charge in [0, 0.05) is 22.5 Å². The van der Waals surface area contributed by atoms with Gasteiger partial charge in [-0.05, 0) is 30.5 Å². The number of halogens is 3. The Kier molecular flexibility index (Phi) is 6.55. The lowest BCUT2D eigenvalue weighted by Gasteiger charge is -2.15. The molecule has 2 heterocycles. The van der Waals surface area contributed by atoms with Gasteiger partial charge in [0.2, 0.25) is 5.95 Å². The summed E-state index contributed by atoms with van der Waals surface area (Å²) in [5, 5.41) is 17.4. The number of thiophene rings is 1. The summed E-state index contributed by atoms with van der Waals surface area (Å²) >= 11 is 1.59. The molecule has 2 aromatic heterocycles. The number of aliphatic hydroxyl groups excluding tert-OH is 1. The monoisotopic (exact) mass is 424 g/mol. The molecule has 0 aliphatic heterocycles. The van der Waals surface area contributed by atoms with Crippen LogP contribution >= 0.6 is 11.3 Å². The van der Waals surface area contributed by atoms with E-state index in [1.807, 2.05) is 17.5 Å². The fourth-order valence-electron chi connectivity index (χ4n) is 2.46. The van der Waals surface area contributed by atoms with Gasteiger partial charge in [-0.25, -0.2) is 4.98 Å². The number of alkyl halides is 3. The van der Waals surface area contributed by atoms with E-state index in [-0.39, 0.29) is 24.3 Å². The van der Waals surface area contributed by atoms with Crippen LogP contribution in [0.1, 0.15) is 11.8 Å². The summed E-state index contributed by atoms with van der Waals surface area (Å²) < 4.78 is 41.6. The third-order valence-corrected chi connectivity index (χ3v) is 4.64. The number of anilines is 2. The van der Waals surface area contributed by atoms with Crippen LogP contribution in [0, 0.1) is 0 Å². The van der Waals surface area contributed by atoms with Gasteiger partial charge in [-0.1, -0.05) is 18.2 Å². The summed E-state index contributed by atoms with van der Waals surface area (Å²) in [6.07, 6.45) is -4.78. The fraction of sp³-hybridized carbons (Fsp3) is 0.263. The summed E-state index contributed by atoms with van der Waals surface area (Å²) in [6, 6.07) is 10.8. The van der Waals surface area contributed by atoms with Crippen molar-refractivity contribution in [3.8, 4) is 17.0 Å². The molecule has 10 heteroatoms. The molecule has 0 amide bonds. The second-order valence-electron chi connectivity index (χ2n) is 6.20. The molecule has 0 bridgehead atoms. The summed E-state index contributed by atoms with van der Waals surface area (Å²) in [4.78, 5) is 9.84. The van der Waals surface area contributed by atoms with Gasteiger partial charge in [0.15, 0.2) is 0 Å². The van der Waals surface area contributed by atoms with Gasteiger partial charge in [-0.2, -0.15) is 4.98 Å². The van der Waals surface area contributed by atoms with Crippen LogP contribution in [0.5, 0.6) is 5.75 Å². The number of nitrogens with zero attached hydrogens (tertiary/aromatic N) is 2. The third kappa shape index (κ3) is 6.33. The third-order valence-electron chi connectivity index (χ3n) is 3.76. The molecule has 0 saturated carbocycles. The Morgan fingerprint density at radius 2 is 2.00 bits per heavy atom. The molecule has 3 aromatic rings. The second kappa shape index (κ2) is 9.10. The van der Waals surface area contributed by atoms with E-state index in [1.54, 1.807) is 30.4 Å². The van der Waals surface area contributed by atoms with E-state index in [2.05, 4.69) is 25.3 Å². The number of hydrogen-bond acceptors (Lipinski definition) is 7. The SMILES string of the molecule is C[C@H](CO)Nc1nc(NCc2cccs2)cc(-c2cccc(OC(F)(F)F)c2)n1. The molecule has 1 aromatic carbocycles. The summed E-state index contributed by atoms with van der Waals surface area (Å²) in [5.74, 6) is 0.415. The average molecular weight is 424 g/mol. The largest absolute Gasteiger partial charge is 0.573 e. The molecule has 3 rings (SSSR count). The average Bonchev–Trinajstić information content (AvgIpc) is 3.18. The molecule has 1 atom stereocenters. The maximum atomic E-state index is 12.5. The van der Waals surface area contributed by atoms with Gasteiger partial charge in [0.05, 0.1) is 18.8 Å². The van der Waals surface area contributed by atoms with Crippen molar-refractivity contribution in [1.29, 1.82) is 0 Å². The minimum Gasteiger partial charge on any atom is -0.406 e. The highest BCUT2D eigenvalue weighted by atomic mass is 32.1. The van der Waals surface area contributed by atoms with Gasteiger partial charge in [-0.3, -0.25) is 0 Å². The van der Waals surface area contributed by atoms with Gasteiger partial charge in [-0.15, -0.1) is 24.5 Å². The lowest BCUT2D eigenvalue weighted by molar-refractivity contribution is -0.274. The molecule has 0 fully saturated rings. The van der Waals surface area contributed by atoms with E-state index in [9.17, 15) is 18.3 Å². The Balaban J connectivity index is 1.90. The number of nitrogens with one attached hydrogen (secondary N) is 2. The van der Waals surface area contributed by atoms with Crippen LogP contribution in [0.3, 0.4) is 0 Å². The first-order valence-electron chi connectivity index (χ1n) is 8.71. The molecule has 29 heavy (non-hydrogen) atoms. The Hall–Kier alpha value is -2.85. The van der Waals surface area contributed by atoms with Crippen molar-refractivity contribution in [2.45, 2.75) is 25.9 Å². The van der Waals surface area contributed by atoms with Crippen LogP contribution in [0.2, 0.25) is 0 Å². The van der Waals surface area contributed by atoms with Crippen molar-refractivity contribution >= 4 is 23.1 Å². The van der Waals surface area contributed by atoms with Gasteiger partial charge in [0.25, 0.3) is 0 Å². The summed E-state index contributed by atoms with van der Waals surface area (Å²) in [6.45, 7) is 2.17. The fourth-order valence-corrected chi connectivity index (χ4v) is 3.10. The van der Waals surface area contributed by atoms with E-state index in [4.69, 9.17) is 0 Å². The van der Waals surface area contributed by atoms with Crippen LogP contribution < -0.4 is 15.4 Å². The first-order valence-corrected chi connectivity index (χ1v) is 9.59. The van der Waals surface area contributed by atoms with E-state index >= 15 is 0 Å². The minimum atomic E-state index is -4.78. The van der Waals surface area contributed by atoms with E-state index in [1.165, 1.54) is 18.2 Å². The van der Waals surface area contributed by atoms with Crippen molar-refractivity contribution in [3.63, 3.8) is 0 Å². The molecule has 0 unspecified atom stereocenters. The molecule has 0 aliphatic carbocycles. The van der Waals surface area contributed by atoms with Gasteiger partial charge >= 0.3 is 6.36 Å². The number of aromatic nitrogens is 2. The van der Waals surface area contributed by atoms with Crippen LogP contribution in [0.15, 0.2) is 47.8 Å². The molecular formula is C19H19F3N4O2S. The molecule has 0 radical (unpaired) electrons. The topological polar surface area (TPSA) is 79.3 Å². The molecule has 154 valence electrons. The number of benzene rings is 1. The maximum Gasteiger partial charge on any atom is 0.573 e. The zero-order valence-corrected chi connectivity index (χ0v) is 16.2. The van der Waals surface area contributed by atoms with Crippen molar-refractivity contribution in [2.24, 2.45) is 0 Å². The summed E-state index contributed by atoms with van der Waals surface area (Å²) in [7, 11) is 0. The van der Waals surface area contributed by atoms with E-state index in [0.29, 0.717) is 23.6 Å². The molecule has 0 aliphatic rings. The van der Waals surface area contributed by atoms with Crippen molar-refractivity contribution in [1.82, 2.24) is 9.97 Å². The predicted molar refractivity (Wildman–Crippen MR) is 106 cm³/mol. The van der Waals surface area contributed by atoms with Crippen molar-refractivity contribution in [2.75, 3.05) is 17.2 Å². The lowest BCUT2D eigenvalue weighted by Crippen LogP contribution is -2.21. The molecule has 0 spiro atoms. The van der Waals surface area contributed by atoms with Gasteiger partial charge < -0.3 is 20.5 Å². The van der Waals surface area contributed by atoms with Crippen LogP contribution in [-0.2, 0) is 6.54 Å². The zero-order valence-electron chi connectivity index (χ0n) is 15.4. The molecule has 0 saturated heterocycles. The summed E-state index contributed by atoms with van der Waals surface area (Å²) in [5.41, 5.74) is 0.849. The Bertz CT molecular complexity index is 935. The predicted octanol–water partition coefficient (Wildman–Crippen LogP) is 4.51. The van der Waals surface area contributed by atoms with Crippen LogP contribution in [0.4, 0.5) is 24.9 Å².